The summed E-state index contributed by atoms with van der Waals surface area (Å²) in [4.78, 5) is 17.8. The van der Waals surface area contributed by atoms with E-state index in [1.54, 1.807) is 13.1 Å². The number of rotatable bonds is 2. The van der Waals surface area contributed by atoms with Gasteiger partial charge in [-0.05, 0) is 19.8 Å². The lowest BCUT2D eigenvalue weighted by molar-refractivity contribution is -0.119. The maximum atomic E-state index is 11.2. The number of piperidine rings is 1. The molecule has 1 atom stereocenters. The summed E-state index contributed by atoms with van der Waals surface area (Å²) < 4.78 is 1.93. The molecule has 3 rings (SSSR count). The van der Waals surface area contributed by atoms with Crippen LogP contribution in [0.1, 0.15) is 25.6 Å². The zero-order valence-corrected chi connectivity index (χ0v) is 11.7. The molecule has 1 aliphatic rings. The molecule has 1 N–H and O–H groups in total. The lowest BCUT2D eigenvalue weighted by atomic mass is 10.1. The van der Waals surface area contributed by atoms with Gasteiger partial charge in [0.1, 0.15) is 5.82 Å². The monoisotopic (exact) mass is 274 g/mol. The van der Waals surface area contributed by atoms with Crippen LogP contribution >= 0.6 is 0 Å². The molecule has 3 heterocycles. The van der Waals surface area contributed by atoms with Crippen LogP contribution in [-0.4, -0.2) is 44.6 Å². The van der Waals surface area contributed by atoms with Crippen molar-refractivity contribution < 1.29 is 4.79 Å². The number of nitrogens with one attached hydrogen (secondary N) is 1. The van der Waals surface area contributed by atoms with Crippen LogP contribution in [0.15, 0.2) is 12.4 Å². The summed E-state index contributed by atoms with van der Waals surface area (Å²) in [5.41, 5.74) is 0.772. The van der Waals surface area contributed by atoms with Crippen LogP contribution in [0.2, 0.25) is 0 Å². The van der Waals surface area contributed by atoms with E-state index in [9.17, 15) is 4.79 Å². The number of aromatic nitrogens is 4. The third kappa shape index (κ3) is 2.31. The minimum Gasteiger partial charge on any atom is -0.352 e. The predicted octanol–water partition coefficient (Wildman–Crippen LogP) is 0.538. The quantitative estimate of drug-likeness (QED) is 0.865. The Balaban J connectivity index is 1.88. The van der Waals surface area contributed by atoms with E-state index < -0.39 is 0 Å². The van der Waals surface area contributed by atoms with Crippen molar-refractivity contribution in [2.75, 3.05) is 18.0 Å². The molecule has 0 saturated carbocycles. The van der Waals surface area contributed by atoms with E-state index in [1.807, 2.05) is 17.5 Å². The van der Waals surface area contributed by atoms with Crippen molar-refractivity contribution in [3.63, 3.8) is 0 Å². The van der Waals surface area contributed by atoms with Crippen LogP contribution < -0.4 is 10.2 Å². The molecule has 2 aromatic rings. The highest BCUT2D eigenvalue weighted by atomic mass is 16.1. The number of fused-ring (bicyclic) bond motifs is 1. The second-order valence-electron chi connectivity index (χ2n) is 5.18. The van der Waals surface area contributed by atoms with E-state index in [0.717, 1.165) is 43.2 Å². The molecule has 7 heteroatoms. The Labute approximate surface area is 117 Å². The van der Waals surface area contributed by atoms with Crippen molar-refractivity contribution >= 4 is 17.4 Å². The van der Waals surface area contributed by atoms with Gasteiger partial charge in [0.15, 0.2) is 5.82 Å². The average molecular weight is 274 g/mol. The average Bonchev–Trinajstić information content (AvgIpc) is 2.80. The Morgan fingerprint density at radius 3 is 3.10 bits per heavy atom. The van der Waals surface area contributed by atoms with Gasteiger partial charge in [0.05, 0.1) is 0 Å². The van der Waals surface area contributed by atoms with E-state index in [4.69, 9.17) is 0 Å². The maximum absolute atomic E-state index is 11.2. The predicted molar refractivity (Wildman–Crippen MR) is 74.6 cm³/mol. The summed E-state index contributed by atoms with van der Waals surface area (Å²) in [5.74, 6) is 1.70. The van der Waals surface area contributed by atoms with Crippen LogP contribution in [0.25, 0.3) is 5.65 Å². The van der Waals surface area contributed by atoms with Crippen molar-refractivity contribution in [1.29, 1.82) is 0 Å². The molecule has 0 bridgehead atoms. The topological polar surface area (TPSA) is 75.4 Å². The fraction of sp³-hybridized carbons (Fsp3) is 0.538. The molecule has 1 unspecified atom stereocenters. The van der Waals surface area contributed by atoms with E-state index >= 15 is 0 Å². The van der Waals surface area contributed by atoms with Crippen molar-refractivity contribution in [2.45, 2.75) is 32.7 Å². The molecule has 0 aromatic carbocycles. The van der Waals surface area contributed by atoms with Gasteiger partial charge in [0, 0.05) is 38.4 Å². The zero-order valence-electron chi connectivity index (χ0n) is 11.7. The highest BCUT2D eigenvalue weighted by Crippen LogP contribution is 2.21. The van der Waals surface area contributed by atoms with Crippen LogP contribution in [0.3, 0.4) is 0 Å². The van der Waals surface area contributed by atoms with Gasteiger partial charge in [0.25, 0.3) is 0 Å². The Morgan fingerprint density at radius 2 is 2.30 bits per heavy atom. The molecule has 106 valence electrons. The lowest BCUT2D eigenvalue weighted by Gasteiger charge is -2.33. The van der Waals surface area contributed by atoms with Crippen molar-refractivity contribution in [1.82, 2.24) is 24.9 Å². The number of hydrogen-bond donors (Lipinski definition) is 1. The summed E-state index contributed by atoms with van der Waals surface area (Å²) in [6, 6.07) is 0.173. The highest BCUT2D eigenvalue weighted by Gasteiger charge is 2.23. The number of aryl methyl sites for hydroxylation is 1. The molecule has 1 aliphatic heterocycles. The molecular formula is C13H18N6O. The Bertz CT molecular complexity index is 637. The maximum Gasteiger partial charge on any atom is 0.217 e. The molecule has 0 spiro atoms. The minimum atomic E-state index is 0.0151. The van der Waals surface area contributed by atoms with Gasteiger partial charge in [-0.15, -0.1) is 10.2 Å². The normalized spacial score (nSPS) is 19.3. The molecule has 1 saturated heterocycles. The van der Waals surface area contributed by atoms with Gasteiger partial charge in [0.2, 0.25) is 11.6 Å². The molecule has 1 fully saturated rings. The number of hydrogen-bond acceptors (Lipinski definition) is 5. The SMILES string of the molecule is CC(=O)NC1CCCN(c2nccn3c(C)nnc23)C1. The largest absolute Gasteiger partial charge is 0.352 e. The highest BCUT2D eigenvalue weighted by molar-refractivity contribution is 5.73. The van der Waals surface area contributed by atoms with Gasteiger partial charge in [-0.2, -0.15) is 0 Å². The molecule has 0 radical (unpaired) electrons. The second kappa shape index (κ2) is 5.07. The number of carbonyl (C=O) groups is 1. The van der Waals surface area contributed by atoms with Crippen molar-refractivity contribution in [3.05, 3.63) is 18.2 Å². The summed E-state index contributed by atoms with van der Waals surface area (Å²) in [6.45, 7) is 5.16. The molecule has 7 nitrogen and oxygen atoms in total. The van der Waals surface area contributed by atoms with Crippen molar-refractivity contribution in [2.24, 2.45) is 0 Å². The fourth-order valence-corrected chi connectivity index (χ4v) is 2.73. The first-order chi connectivity index (χ1) is 9.65. The minimum absolute atomic E-state index is 0.0151. The van der Waals surface area contributed by atoms with E-state index in [-0.39, 0.29) is 11.9 Å². The number of carbonyl (C=O) groups excluding carboxylic acids is 1. The zero-order chi connectivity index (χ0) is 14.1. The third-order valence-corrected chi connectivity index (χ3v) is 3.61. The van der Waals surface area contributed by atoms with Crippen molar-refractivity contribution in [3.8, 4) is 0 Å². The molecule has 2 aromatic heterocycles. The van der Waals surface area contributed by atoms with Gasteiger partial charge in [-0.3, -0.25) is 9.20 Å². The van der Waals surface area contributed by atoms with Gasteiger partial charge < -0.3 is 10.2 Å². The van der Waals surface area contributed by atoms with E-state index in [2.05, 4.69) is 25.4 Å². The van der Waals surface area contributed by atoms with Gasteiger partial charge in [-0.1, -0.05) is 0 Å². The lowest BCUT2D eigenvalue weighted by Crippen LogP contribution is -2.47. The van der Waals surface area contributed by atoms with Gasteiger partial charge >= 0.3 is 0 Å². The number of nitrogens with zero attached hydrogens (tertiary/aromatic N) is 5. The first-order valence-corrected chi connectivity index (χ1v) is 6.83. The Hall–Kier alpha value is -2.18. The van der Waals surface area contributed by atoms with Crippen LogP contribution in [0.4, 0.5) is 5.82 Å². The molecular weight excluding hydrogens is 256 g/mol. The molecule has 0 aliphatic carbocycles. The number of amides is 1. The first-order valence-electron chi connectivity index (χ1n) is 6.83. The Morgan fingerprint density at radius 1 is 1.45 bits per heavy atom. The fourth-order valence-electron chi connectivity index (χ4n) is 2.73. The van der Waals surface area contributed by atoms with Crippen LogP contribution in [-0.2, 0) is 4.79 Å². The van der Waals surface area contributed by atoms with Gasteiger partial charge in [-0.25, -0.2) is 4.98 Å². The van der Waals surface area contributed by atoms with Crippen LogP contribution in [0, 0.1) is 6.92 Å². The smallest absolute Gasteiger partial charge is 0.217 e. The van der Waals surface area contributed by atoms with Crippen LogP contribution in [0.5, 0.6) is 0 Å². The van der Waals surface area contributed by atoms with E-state index in [1.165, 1.54) is 0 Å². The summed E-state index contributed by atoms with van der Waals surface area (Å²) in [7, 11) is 0. The standard InChI is InChI=1S/C13H18N6O/c1-9-16-17-13-12(14-5-7-19(9)13)18-6-3-4-11(8-18)15-10(2)20/h5,7,11H,3-4,6,8H2,1-2H3,(H,15,20). The third-order valence-electron chi connectivity index (χ3n) is 3.61. The second-order valence-corrected chi connectivity index (χ2v) is 5.18. The first kappa shape index (κ1) is 12.8. The summed E-state index contributed by atoms with van der Waals surface area (Å²) in [6.07, 6.45) is 5.66. The molecule has 1 amide bonds. The number of anilines is 1. The summed E-state index contributed by atoms with van der Waals surface area (Å²) in [5, 5.41) is 11.3. The summed E-state index contributed by atoms with van der Waals surface area (Å²) >= 11 is 0. The Kier molecular flexibility index (Phi) is 3.25. The molecule has 20 heavy (non-hydrogen) atoms. The van der Waals surface area contributed by atoms with E-state index in [0.29, 0.717) is 0 Å².